The fraction of sp³-hybridized carbons (Fsp3) is 0.333. The minimum absolute atomic E-state index is 0.115. The van der Waals surface area contributed by atoms with Crippen LogP contribution >= 0.6 is 0 Å². The normalized spacial score (nSPS) is 21.2. The van der Waals surface area contributed by atoms with E-state index in [4.69, 9.17) is 5.73 Å². The molecule has 1 atom stereocenters. The van der Waals surface area contributed by atoms with Gasteiger partial charge in [-0.3, -0.25) is 5.43 Å². The van der Waals surface area contributed by atoms with Crippen LogP contribution < -0.4 is 11.2 Å². The third kappa shape index (κ3) is 3.62. The molecule has 3 rings (SSSR count). The van der Waals surface area contributed by atoms with E-state index in [1.165, 1.54) is 24.8 Å². The zero-order valence-corrected chi connectivity index (χ0v) is 13.4. The lowest BCUT2D eigenvalue weighted by Crippen LogP contribution is -2.42. The Kier molecular flexibility index (Phi) is 4.46. The maximum atomic E-state index is 5.60. The van der Waals surface area contributed by atoms with Gasteiger partial charge in [-0.25, -0.2) is 4.99 Å². The Morgan fingerprint density at radius 3 is 2.78 bits per heavy atom. The Balaban J connectivity index is 1.73. The second-order valence-electron chi connectivity index (χ2n) is 5.98. The minimum atomic E-state index is 0.115. The summed E-state index contributed by atoms with van der Waals surface area (Å²) in [5.74, 6) is 1.46. The number of nitrogens with zero attached hydrogens (tertiary/aromatic N) is 3. The smallest absolute Gasteiger partial charge is 0.132 e. The van der Waals surface area contributed by atoms with Crippen molar-refractivity contribution in [3.63, 3.8) is 0 Å². The van der Waals surface area contributed by atoms with Crippen LogP contribution in [0.25, 0.3) is 5.70 Å². The summed E-state index contributed by atoms with van der Waals surface area (Å²) in [5.41, 5.74) is 11.8. The van der Waals surface area contributed by atoms with Gasteiger partial charge in [0, 0.05) is 19.2 Å². The highest BCUT2D eigenvalue weighted by Crippen LogP contribution is 2.34. The number of benzene rings is 1. The second-order valence-corrected chi connectivity index (χ2v) is 5.98. The van der Waals surface area contributed by atoms with Crippen molar-refractivity contribution in [3.05, 3.63) is 54.8 Å². The lowest BCUT2D eigenvalue weighted by molar-refractivity contribution is 0.336. The molecule has 1 aromatic rings. The predicted molar refractivity (Wildman–Crippen MR) is 95.7 cm³/mol. The van der Waals surface area contributed by atoms with Crippen molar-refractivity contribution in [2.75, 3.05) is 7.05 Å². The van der Waals surface area contributed by atoms with Crippen LogP contribution in [0.2, 0.25) is 0 Å². The van der Waals surface area contributed by atoms with Crippen LogP contribution in [0.15, 0.2) is 59.3 Å². The molecule has 1 aromatic carbocycles. The lowest BCUT2D eigenvalue weighted by atomic mass is 10.1. The molecule has 0 radical (unpaired) electrons. The zero-order valence-electron chi connectivity index (χ0n) is 13.4. The first kappa shape index (κ1) is 15.3. The first-order chi connectivity index (χ1) is 11.2. The molecule has 1 fully saturated rings. The molecular weight excluding hydrogens is 286 g/mol. The quantitative estimate of drug-likeness (QED) is 0.649. The Morgan fingerprint density at radius 2 is 2.13 bits per heavy atom. The third-order valence-electron chi connectivity index (χ3n) is 4.24. The van der Waals surface area contributed by atoms with E-state index in [1.807, 2.05) is 37.4 Å². The highest BCUT2D eigenvalue weighted by Gasteiger charge is 2.34. The van der Waals surface area contributed by atoms with Gasteiger partial charge in [0.05, 0.1) is 5.70 Å². The van der Waals surface area contributed by atoms with Crippen molar-refractivity contribution in [1.82, 2.24) is 10.3 Å². The number of likely N-dealkylation sites (N-methyl/N-ethyl adjacent to an activating group) is 1. The highest BCUT2D eigenvalue weighted by molar-refractivity contribution is 5.97. The SMILES string of the molecule is C=C(/N=C(\C=C/N)N(C)C1CC(C2CC2)=NN1)c1ccccc1. The lowest BCUT2D eigenvalue weighted by Gasteiger charge is -2.26. The van der Waals surface area contributed by atoms with Crippen LogP contribution in [0.3, 0.4) is 0 Å². The maximum Gasteiger partial charge on any atom is 0.132 e. The van der Waals surface area contributed by atoms with Crippen molar-refractivity contribution in [2.24, 2.45) is 21.7 Å². The molecule has 0 bridgehead atoms. The van der Waals surface area contributed by atoms with Crippen molar-refractivity contribution in [2.45, 2.75) is 25.4 Å². The molecule has 0 spiro atoms. The van der Waals surface area contributed by atoms with Gasteiger partial charge in [-0.05, 0) is 36.6 Å². The van der Waals surface area contributed by atoms with Gasteiger partial charge in [-0.2, -0.15) is 5.10 Å². The van der Waals surface area contributed by atoms with Crippen LogP contribution in [0.4, 0.5) is 0 Å². The van der Waals surface area contributed by atoms with Crippen LogP contribution in [-0.2, 0) is 0 Å². The van der Waals surface area contributed by atoms with Crippen molar-refractivity contribution in [3.8, 4) is 0 Å². The molecule has 5 nitrogen and oxygen atoms in total. The molecule has 1 saturated carbocycles. The number of nitrogens with two attached hydrogens (primary N) is 1. The van der Waals surface area contributed by atoms with E-state index < -0.39 is 0 Å². The molecule has 0 amide bonds. The van der Waals surface area contributed by atoms with E-state index in [0.717, 1.165) is 17.8 Å². The molecular formula is C18H23N5. The summed E-state index contributed by atoms with van der Waals surface area (Å²) in [7, 11) is 2.00. The van der Waals surface area contributed by atoms with E-state index in [2.05, 4.69) is 27.0 Å². The largest absolute Gasteiger partial charge is 0.404 e. The maximum absolute atomic E-state index is 5.60. The number of hydrazone groups is 1. The Hall–Kier alpha value is -2.56. The van der Waals surface area contributed by atoms with Gasteiger partial charge in [0.15, 0.2) is 0 Å². The average Bonchev–Trinajstić information content (AvgIpc) is 3.31. The van der Waals surface area contributed by atoms with Crippen LogP contribution in [-0.4, -0.2) is 29.7 Å². The van der Waals surface area contributed by atoms with Gasteiger partial charge in [-0.15, -0.1) is 0 Å². The molecule has 0 saturated heterocycles. The highest BCUT2D eigenvalue weighted by atomic mass is 15.4. The van der Waals surface area contributed by atoms with E-state index in [9.17, 15) is 0 Å². The summed E-state index contributed by atoms with van der Waals surface area (Å²) in [6, 6.07) is 9.93. The molecule has 0 aromatic heterocycles. The number of aliphatic imine (C=N–C) groups is 1. The van der Waals surface area contributed by atoms with Gasteiger partial charge in [-0.1, -0.05) is 36.9 Å². The molecule has 1 heterocycles. The summed E-state index contributed by atoms with van der Waals surface area (Å²) in [5, 5.41) is 4.47. The first-order valence-electron chi connectivity index (χ1n) is 7.95. The summed E-state index contributed by atoms with van der Waals surface area (Å²) in [6.07, 6.45) is 6.88. The summed E-state index contributed by atoms with van der Waals surface area (Å²) < 4.78 is 0. The topological polar surface area (TPSA) is 66.0 Å². The van der Waals surface area contributed by atoms with Gasteiger partial charge < -0.3 is 10.6 Å². The number of hydrogen-bond acceptors (Lipinski definition) is 4. The minimum Gasteiger partial charge on any atom is -0.404 e. The number of nitrogens with one attached hydrogen (secondary N) is 1. The fourth-order valence-corrected chi connectivity index (χ4v) is 2.66. The molecule has 3 N–H and O–H groups in total. The summed E-state index contributed by atoms with van der Waals surface area (Å²) in [6.45, 7) is 4.07. The van der Waals surface area contributed by atoms with E-state index in [-0.39, 0.29) is 6.17 Å². The van der Waals surface area contributed by atoms with Gasteiger partial charge >= 0.3 is 0 Å². The molecule has 23 heavy (non-hydrogen) atoms. The summed E-state index contributed by atoms with van der Waals surface area (Å²) in [4.78, 5) is 6.72. The van der Waals surface area contributed by atoms with Gasteiger partial charge in [0.2, 0.25) is 0 Å². The van der Waals surface area contributed by atoms with Crippen molar-refractivity contribution >= 4 is 17.2 Å². The number of rotatable bonds is 5. The molecule has 1 aliphatic carbocycles. The Bertz CT molecular complexity index is 655. The van der Waals surface area contributed by atoms with Gasteiger partial charge in [0.1, 0.15) is 12.0 Å². The van der Waals surface area contributed by atoms with E-state index in [0.29, 0.717) is 11.6 Å². The number of hydrogen-bond donors (Lipinski definition) is 2. The molecule has 120 valence electrons. The van der Waals surface area contributed by atoms with E-state index >= 15 is 0 Å². The molecule has 1 unspecified atom stereocenters. The Morgan fingerprint density at radius 1 is 1.39 bits per heavy atom. The standard InChI is InChI=1S/C18H23N5/c1-13(14-6-4-3-5-7-14)20-17(10-11-19)23(2)18-12-16(21-22-18)15-8-9-15/h3-7,10-11,15,18,22H,1,8-9,12,19H2,2H3/b11-10-,20-17+. The molecule has 5 heteroatoms. The molecule has 1 aliphatic heterocycles. The fourth-order valence-electron chi connectivity index (χ4n) is 2.66. The predicted octanol–water partition coefficient (Wildman–Crippen LogP) is 2.55. The van der Waals surface area contributed by atoms with E-state index in [1.54, 1.807) is 6.08 Å². The van der Waals surface area contributed by atoms with Crippen molar-refractivity contribution in [1.29, 1.82) is 0 Å². The van der Waals surface area contributed by atoms with Gasteiger partial charge in [0.25, 0.3) is 0 Å². The Labute approximate surface area is 137 Å². The van der Waals surface area contributed by atoms with Crippen LogP contribution in [0, 0.1) is 5.92 Å². The first-order valence-corrected chi connectivity index (χ1v) is 7.95. The van der Waals surface area contributed by atoms with Crippen LogP contribution in [0.1, 0.15) is 24.8 Å². The number of amidine groups is 1. The molecule has 2 aliphatic rings. The zero-order chi connectivity index (χ0) is 16.2. The van der Waals surface area contributed by atoms with Crippen molar-refractivity contribution < 1.29 is 0 Å². The average molecular weight is 309 g/mol. The second kappa shape index (κ2) is 6.69. The summed E-state index contributed by atoms with van der Waals surface area (Å²) >= 11 is 0. The van der Waals surface area contributed by atoms with Crippen LogP contribution in [0.5, 0.6) is 0 Å². The third-order valence-corrected chi connectivity index (χ3v) is 4.24. The monoisotopic (exact) mass is 309 g/mol.